The van der Waals surface area contributed by atoms with Crippen LogP contribution in [0, 0.1) is 5.82 Å². The summed E-state index contributed by atoms with van der Waals surface area (Å²) in [6.07, 6.45) is 1.77. The quantitative estimate of drug-likeness (QED) is 0.907. The standard InChI is InChI=1S/C14H15FN2O2S/c15-10-3-1-2-4-11(10)16-14-17-13(18)12(20-14)9-5-7-19-8-6-9/h1-4,9,18H,5-8H2,(H,16,17). The minimum Gasteiger partial charge on any atom is -0.492 e. The summed E-state index contributed by atoms with van der Waals surface area (Å²) in [7, 11) is 0. The zero-order chi connectivity index (χ0) is 13.9. The predicted molar refractivity (Wildman–Crippen MR) is 76.3 cm³/mol. The maximum Gasteiger partial charge on any atom is 0.227 e. The second-order valence-corrected chi connectivity index (χ2v) is 5.73. The zero-order valence-corrected chi connectivity index (χ0v) is 11.6. The number of hydrogen-bond donors (Lipinski definition) is 2. The van der Waals surface area contributed by atoms with E-state index in [1.54, 1.807) is 18.2 Å². The first kappa shape index (κ1) is 13.3. The molecule has 1 aromatic carbocycles. The Balaban J connectivity index is 1.80. The van der Waals surface area contributed by atoms with Crippen molar-refractivity contribution in [2.24, 2.45) is 0 Å². The molecule has 1 aliphatic rings. The van der Waals surface area contributed by atoms with Crippen molar-refractivity contribution in [3.05, 3.63) is 35.0 Å². The summed E-state index contributed by atoms with van der Waals surface area (Å²) in [5, 5.41) is 13.4. The van der Waals surface area contributed by atoms with Gasteiger partial charge in [0.25, 0.3) is 0 Å². The van der Waals surface area contributed by atoms with Crippen LogP contribution in [0.3, 0.4) is 0 Å². The van der Waals surface area contributed by atoms with Gasteiger partial charge in [-0.05, 0) is 25.0 Å². The smallest absolute Gasteiger partial charge is 0.227 e. The largest absolute Gasteiger partial charge is 0.492 e. The maximum absolute atomic E-state index is 13.6. The molecule has 6 heteroatoms. The molecule has 0 unspecified atom stereocenters. The van der Waals surface area contributed by atoms with Crippen molar-refractivity contribution >= 4 is 22.2 Å². The molecule has 1 saturated heterocycles. The monoisotopic (exact) mass is 294 g/mol. The summed E-state index contributed by atoms with van der Waals surface area (Å²) in [4.78, 5) is 4.93. The number of para-hydroxylation sites is 1. The minimum absolute atomic E-state index is 0.0424. The SMILES string of the molecule is Oc1nc(Nc2ccccc2F)sc1C1CCOCC1. The van der Waals surface area contributed by atoms with Gasteiger partial charge in [0, 0.05) is 19.1 Å². The lowest BCUT2D eigenvalue weighted by atomic mass is 9.99. The van der Waals surface area contributed by atoms with Crippen LogP contribution in [0.5, 0.6) is 5.88 Å². The Kier molecular flexibility index (Phi) is 3.84. The molecule has 0 spiro atoms. The number of aromatic hydroxyl groups is 1. The minimum atomic E-state index is -0.338. The van der Waals surface area contributed by atoms with Gasteiger partial charge in [-0.25, -0.2) is 4.39 Å². The molecular formula is C14H15FN2O2S. The van der Waals surface area contributed by atoms with Crippen molar-refractivity contribution in [2.75, 3.05) is 18.5 Å². The fourth-order valence-corrected chi connectivity index (χ4v) is 3.32. The first-order chi connectivity index (χ1) is 9.74. The Morgan fingerprint density at radius 1 is 1.30 bits per heavy atom. The summed E-state index contributed by atoms with van der Waals surface area (Å²) in [6, 6.07) is 6.41. The number of nitrogens with zero attached hydrogens (tertiary/aromatic N) is 1. The third-order valence-electron chi connectivity index (χ3n) is 3.34. The molecule has 0 saturated carbocycles. The Bertz CT molecular complexity index is 597. The molecule has 0 bridgehead atoms. The molecule has 2 heterocycles. The van der Waals surface area contributed by atoms with Gasteiger partial charge in [-0.15, -0.1) is 0 Å². The number of nitrogens with one attached hydrogen (secondary N) is 1. The van der Waals surface area contributed by atoms with Crippen LogP contribution in [-0.2, 0) is 4.74 Å². The average Bonchev–Trinajstić information content (AvgIpc) is 2.83. The number of hydrogen-bond acceptors (Lipinski definition) is 5. The molecule has 106 valence electrons. The molecule has 1 aromatic heterocycles. The van der Waals surface area contributed by atoms with E-state index in [2.05, 4.69) is 10.3 Å². The first-order valence-corrected chi connectivity index (χ1v) is 7.34. The van der Waals surface area contributed by atoms with Gasteiger partial charge in [-0.3, -0.25) is 0 Å². The van der Waals surface area contributed by atoms with E-state index in [9.17, 15) is 9.50 Å². The Morgan fingerprint density at radius 2 is 2.05 bits per heavy atom. The highest BCUT2D eigenvalue weighted by Gasteiger charge is 2.23. The van der Waals surface area contributed by atoms with Crippen LogP contribution in [0.25, 0.3) is 0 Å². The highest BCUT2D eigenvalue weighted by atomic mass is 32.1. The van der Waals surface area contributed by atoms with Crippen LogP contribution < -0.4 is 5.32 Å². The van der Waals surface area contributed by atoms with Gasteiger partial charge in [0.1, 0.15) is 5.82 Å². The van der Waals surface area contributed by atoms with Gasteiger partial charge in [0.05, 0.1) is 10.6 Å². The van der Waals surface area contributed by atoms with Crippen molar-refractivity contribution in [1.82, 2.24) is 4.98 Å². The van der Waals surface area contributed by atoms with Crippen LogP contribution >= 0.6 is 11.3 Å². The van der Waals surface area contributed by atoms with E-state index in [0.717, 1.165) is 17.7 Å². The average molecular weight is 294 g/mol. The molecule has 0 atom stereocenters. The molecule has 2 N–H and O–H groups in total. The Hall–Kier alpha value is -1.66. The van der Waals surface area contributed by atoms with E-state index in [1.165, 1.54) is 17.4 Å². The van der Waals surface area contributed by atoms with Gasteiger partial charge >= 0.3 is 0 Å². The van der Waals surface area contributed by atoms with E-state index in [-0.39, 0.29) is 17.6 Å². The van der Waals surface area contributed by atoms with E-state index in [1.807, 2.05) is 0 Å². The van der Waals surface area contributed by atoms with Crippen molar-refractivity contribution in [3.8, 4) is 5.88 Å². The molecule has 20 heavy (non-hydrogen) atoms. The number of halogens is 1. The zero-order valence-electron chi connectivity index (χ0n) is 10.8. The molecule has 0 amide bonds. The number of anilines is 2. The van der Waals surface area contributed by atoms with E-state index >= 15 is 0 Å². The number of aromatic nitrogens is 1. The highest BCUT2D eigenvalue weighted by molar-refractivity contribution is 7.16. The highest BCUT2D eigenvalue weighted by Crippen LogP contribution is 2.40. The Morgan fingerprint density at radius 3 is 2.80 bits per heavy atom. The summed E-state index contributed by atoms with van der Waals surface area (Å²) < 4.78 is 18.9. The van der Waals surface area contributed by atoms with Crippen molar-refractivity contribution in [1.29, 1.82) is 0 Å². The number of thiazole rings is 1. The van der Waals surface area contributed by atoms with E-state index in [0.29, 0.717) is 24.0 Å². The van der Waals surface area contributed by atoms with Gasteiger partial charge < -0.3 is 15.2 Å². The molecule has 4 nitrogen and oxygen atoms in total. The lowest BCUT2D eigenvalue weighted by Crippen LogP contribution is -2.13. The number of ether oxygens (including phenoxy) is 1. The third-order valence-corrected chi connectivity index (χ3v) is 4.46. The maximum atomic E-state index is 13.6. The molecule has 1 fully saturated rings. The topological polar surface area (TPSA) is 54.4 Å². The van der Waals surface area contributed by atoms with Gasteiger partial charge in [-0.1, -0.05) is 23.5 Å². The Labute approximate surface area is 120 Å². The number of rotatable bonds is 3. The summed E-state index contributed by atoms with van der Waals surface area (Å²) in [5.74, 6) is -0.0204. The van der Waals surface area contributed by atoms with Crippen molar-refractivity contribution < 1.29 is 14.2 Å². The van der Waals surface area contributed by atoms with E-state index < -0.39 is 0 Å². The number of benzene rings is 1. The van der Waals surface area contributed by atoms with Crippen LogP contribution in [0.4, 0.5) is 15.2 Å². The van der Waals surface area contributed by atoms with Crippen LogP contribution in [-0.4, -0.2) is 23.3 Å². The molecule has 0 radical (unpaired) electrons. The lowest BCUT2D eigenvalue weighted by molar-refractivity contribution is 0.0855. The van der Waals surface area contributed by atoms with Gasteiger partial charge in [-0.2, -0.15) is 4.98 Å². The van der Waals surface area contributed by atoms with Crippen LogP contribution in [0.1, 0.15) is 23.6 Å². The van der Waals surface area contributed by atoms with Crippen LogP contribution in [0.2, 0.25) is 0 Å². The third kappa shape index (κ3) is 2.76. The van der Waals surface area contributed by atoms with Crippen LogP contribution in [0.15, 0.2) is 24.3 Å². The van der Waals surface area contributed by atoms with Gasteiger partial charge in [0.2, 0.25) is 5.88 Å². The second-order valence-electron chi connectivity index (χ2n) is 4.70. The molecular weight excluding hydrogens is 279 g/mol. The van der Waals surface area contributed by atoms with Crippen molar-refractivity contribution in [3.63, 3.8) is 0 Å². The molecule has 3 rings (SSSR count). The second kappa shape index (κ2) is 5.76. The fourth-order valence-electron chi connectivity index (χ4n) is 2.28. The van der Waals surface area contributed by atoms with Crippen molar-refractivity contribution in [2.45, 2.75) is 18.8 Å². The summed E-state index contributed by atoms with van der Waals surface area (Å²) in [5.41, 5.74) is 0.361. The normalized spacial score (nSPS) is 16.2. The first-order valence-electron chi connectivity index (χ1n) is 6.53. The molecule has 2 aromatic rings. The lowest BCUT2D eigenvalue weighted by Gasteiger charge is -2.20. The molecule has 1 aliphatic heterocycles. The molecule has 0 aliphatic carbocycles. The summed E-state index contributed by atoms with van der Waals surface area (Å²) >= 11 is 1.38. The summed E-state index contributed by atoms with van der Waals surface area (Å²) in [6.45, 7) is 1.41. The van der Waals surface area contributed by atoms with Gasteiger partial charge in [0.15, 0.2) is 5.13 Å². The fraction of sp³-hybridized carbons (Fsp3) is 0.357. The predicted octanol–water partition coefficient (Wildman–Crippen LogP) is 3.63. The van der Waals surface area contributed by atoms with E-state index in [4.69, 9.17) is 4.74 Å².